The quantitative estimate of drug-likeness (QED) is 0.802. The van der Waals surface area contributed by atoms with Gasteiger partial charge in [-0.25, -0.2) is 4.79 Å². The zero-order valence-corrected chi connectivity index (χ0v) is 9.41. The van der Waals surface area contributed by atoms with Crippen LogP contribution < -0.4 is 4.90 Å². The fraction of sp³-hybridized carbons (Fsp3) is 0.364. The van der Waals surface area contributed by atoms with E-state index in [-0.39, 0.29) is 12.3 Å². The molecule has 0 fully saturated rings. The van der Waals surface area contributed by atoms with Crippen molar-refractivity contribution in [3.63, 3.8) is 0 Å². The molecule has 0 radical (unpaired) electrons. The SMILES string of the molecule is CCOC(=O)N(C)c1cccc(C(F)(F)F)c1. The van der Waals surface area contributed by atoms with Crippen molar-refractivity contribution in [2.45, 2.75) is 13.1 Å². The summed E-state index contributed by atoms with van der Waals surface area (Å²) in [5, 5.41) is 0. The average molecular weight is 247 g/mol. The second-order valence-corrected chi connectivity index (χ2v) is 3.31. The van der Waals surface area contributed by atoms with Crippen LogP contribution in [0.3, 0.4) is 0 Å². The molecule has 0 saturated heterocycles. The van der Waals surface area contributed by atoms with Gasteiger partial charge in [0, 0.05) is 12.7 Å². The van der Waals surface area contributed by atoms with E-state index in [0.717, 1.165) is 17.0 Å². The highest BCUT2D eigenvalue weighted by molar-refractivity contribution is 5.87. The van der Waals surface area contributed by atoms with E-state index in [2.05, 4.69) is 4.74 Å². The molecule has 0 unspecified atom stereocenters. The summed E-state index contributed by atoms with van der Waals surface area (Å²) in [5.74, 6) is 0. The predicted octanol–water partition coefficient (Wildman–Crippen LogP) is 3.30. The minimum Gasteiger partial charge on any atom is -0.449 e. The van der Waals surface area contributed by atoms with E-state index in [0.29, 0.717) is 0 Å². The molecule has 0 aromatic heterocycles. The minimum atomic E-state index is -4.43. The normalized spacial score (nSPS) is 11.1. The number of amides is 1. The molecule has 0 N–H and O–H groups in total. The number of ether oxygens (including phenoxy) is 1. The van der Waals surface area contributed by atoms with Crippen molar-refractivity contribution in [1.82, 2.24) is 0 Å². The lowest BCUT2D eigenvalue weighted by Gasteiger charge is -2.17. The number of halogens is 3. The van der Waals surface area contributed by atoms with Crippen LogP contribution in [0, 0.1) is 0 Å². The molecule has 3 nitrogen and oxygen atoms in total. The Morgan fingerprint density at radius 3 is 2.59 bits per heavy atom. The van der Waals surface area contributed by atoms with E-state index in [1.165, 1.54) is 19.2 Å². The molecule has 0 saturated carbocycles. The third kappa shape index (κ3) is 3.37. The second kappa shape index (κ2) is 5.07. The van der Waals surface area contributed by atoms with Crippen molar-refractivity contribution >= 4 is 11.8 Å². The number of hydrogen-bond acceptors (Lipinski definition) is 2. The maximum absolute atomic E-state index is 12.4. The highest BCUT2D eigenvalue weighted by Crippen LogP contribution is 2.31. The summed E-state index contributed by atoms with van der Waals surface area (Å²) in [7, 11) is 1.35. The van der Waals surface area contributed by atoms with Gasteiger partial charge in [-0.2, -0.15) is 13.2 Å². The summed E-state index contributed by atoms with van der Waals surface area (Å²) in [6.45, 7) is 1.79. The van der Waals surface area contributed by atoms with Crippen molar-refractivity contribution in [2.75, 3.05) is 18.6 Å². The summed E-state index contributed by atoms with van der Waals surface area (Å²) in [4.78, 5) is 12.4. The van der Waals surface area contributed by atoms with E-state index < -0.39 is 17.8 Å². The highest BCUT2D eigenvalue weighted by atomic mass is 19.4. The lowest BCUT2D eigenvalue weighted by atomic mass is 10.2. The van der Waals surface area contributed by atoms with Crippen molar-refractivity contribution < 1.29 is 22.7 Å². The van der Waals surface area contributed by atoms with Gasteiger partial charge in [-0.3, -0.25) is 4.90 Å². The molecule has 1 amide bonds. The van der Waals surface area contributed by atoms with Crippen LogP contribution >= 0.6 is 0 Å². The van der Waals surface area contributed by atoms with Crippen LogP contribution in [-0.4, -0.2) is 19.7 Å². The van der Waals surface area contributed by atoms with Crippen LogP contribution in [0.5, 0.6) is 0 Å². The lowest BCUT2D eigenvalue weighted by Crippen LogP contribution is -2.27. The number of carbonyl (C=O) groups excluding carboxylic acids is 1. The van der Waals surface area contributed by atoms with Crippen LogP contribution in [0.1, 0.15) is 12.5 Å². The average Bonchev–Trinajstić information content (AvgIpc) is 2.27. The van der Waals surface area contributed by atoms with Gasteiger partial charge in [0.15, 0.2) is 0 Å². The fourth-order valence-electron chi connectivity index (χ4n) is 1.22. The molecular formula is C11H12F3NO2. The standard InChI is InChI=1S/C11H12F3NO2/c1-3-17-10(16)15(2)9-6-4-5-8(7-9)11(12,13)14/h4-7H,3H2,1-2H3. The van der Waals surface area contributed by atoms with E-state index in [9.17, 15) is 18.0 Å². The van der Waals surface area contributed by atoms with Gasteiger partial charge in [0.2, 0.25) is 0 Å². The Labute approximate surface area is 96.8 Å². The maximum Gasteiger partial charge on any atom is 0.416 e. The summed E-state index contributed by atoms with van der Waals surface area (Å²) in [5.41, 5.74) is -0.663. The fourth-order valence-corrected chi connectivity index (χ4v) is 1.22. The molecule has 0 aliphatic carbocycles. The first-order valence-electron chi connectivity index (χ1n) is 4.94. The van der Waals surface area contributed by atoms with Gasteiger partial charge in [0.25, 0.3) is 0 Å². The van der Waals surface area contributed by atoms with Crippen molar-refractivity contribution in [1.29, 1.82) is 0 Å². The number of anilines is 1. The molecule has 0 aliphatic heterocycles. The van der Waals surface area contributed by atoms with Gasteiger partial charge in [0.1, 0.15) is 0 Å². The van der Waals surface area contributed by atoms with Gasteiger partial charge in [-0.1, -0.05) is 6.07 Å². The smallest absolute Gasteiger partial charge is 0.416 e. The van der Waals surface area contributed by atoms with E-state index in [1.807, 2.05) is 0 Å². The predicted molar refractivity (Wildman–Crippen MR) is 56.9 cm³/mol. The third-order valence-corrected chi connectivity index (χ3v) is 2.10. The highest BCUT2D eigenvalue weighted by Gasteiger charge is 2.31. The van der Waals surface area contributed by atoms with Gasteiger partial charge >= 0.3 is 12.3 Å². The molecule has 0 bridgehead atoms. The number of nitrogens with zero attached hydrogens (tertiary/aromatic N) is 1. The van der Waals surface area contributed by atoms with Crippen LogP contribution in [0.15, 0.2) is 24.3 Å². The monoisotopic (exact) mass is 247 g/mol. The largest absolute Gasteiger partial charge is 0.449 e. The minimum absolute atomic E-state index is 0.137. The number of alkyl halides is 3. The van der Waals surface area contributed by atoms with Crippen LogP contribution in [0.2, 0.25) is 0 Å². The second-order valence-electron chi connectivity index (χ2n) is 3.31. The van der Waals surface area contributed by atoms with E-state index in [1.54, 1.807) is 6.92 Å². The Balaban J connectivity index is 2.96. The van der Waals surface area contributed by atoms with E-state index >= 15 is 0 Å². The molecule has 1 rings (SSSR count). The van der Waals surface area contributed by atoms with Crippen LogP contribution in [-0.2, 0) is 10.9 Å². The maximum atomic E-state index is 12.4. The Bertz CT molecular complexity index is 404. The Kier molecular flexibility index (Phi) is 3.98. The van der Waals surface area contributed by atoms with Gasteiger partial charge in [-0.05, 0) is 25.1 Å². The number of carbonyl (C=O) groups is 1. The summed E-state index contributed by atoms with van der Waals surface area (Å²) in [6.07, 6.45) is -5.11. The molecule has 0 aliphatic rings. The molecule has 1 aromatic carbocycles. The number of rotatable bonds is 2. The molecule has 94 valence electrons. The first-order chi connectivity index (χ1) is 7.86. The first kappa shape index (κ1) is 13.3. The molecular weight excluding hydrogens is 235 g/mol. The zero-order chi connectivity index (χ0) is 13.1. The zero-order valence-electron chi connectivity index (χ0n) is 9.41. The molecule has 0 spiro atoms. The molecule has 0 heterocycles. The molecule has 1 aromatic rings. The van der Waals surface area contributed by atoms with Crippen molar-refractivity contribution in [2.24, 2.45) is 0 Å². The van der Waals surface area contributed by atoms with Gasteiger partial charge in [0.05, 0.1) is 12.2 Å². The summed E-state index contributed by atoms with van der Waals surface area (Å²) in [6, 6.07) is 4.50. The molecule has 0 atom stereocenters. The van der Waals surface area contributed by atoms with Gasteiger partial charge < -0.3 is 4.74 Å². The molecule has 17 heavy (non-hydrogen) atoms. The Morgan fingerprint density at radius 1 is 1.41 bits per heavy atom. The summed E-state index contributed by atoms with van der Waals surface area (Å²) < 4.78 is 42.0. The number of benzene rings is 1. The topological polar surface area (TPSA) is 29.5 Å². The lowest BCUT2D eigenvalue weighted by molar-refractivity contribution is -0.137. The third-order valence-electron chi connectivity index (χ3n) is 2.10. The van der Waals surface area contributed by atoms with Crippen LogP contribution in [0.25, 0.3) is 0 Å². The Hall–Kier alpha value is -1.72. The Morgan fingerprint density at radius 2 is 2.06 bits per heavy atom. The van der Waals surface area contributed by atoms with Gasteiger partial charge in [-0.15, -0.1) is 0 Å². The first-order valence-corrected chi connectivity index (χ1v) is 4.94. The van der Waals surface area contributed by atoms with E-state index in [4.69, 9.17) is 0 Å². The van der Waals surface area contributed by atoms with Crippen molar-refractivity contribution in [3.8, 4) is 0 Å². The van der Waals surface area contributed by atoms with Crippen molar-refractivity contribution in [3.05, 3.63) is 29.8 Å². The van der Waals surface area contributed by atoms with Crippen LogP contribution in [0.4, 0.5) is 23.7 Å². The number of hydrogen-bond donors (Lipinski definition) is 0. The summed E-state index contributed by atoms with van der Waals surface area (Å²) >= 11 is 0. The molecule has 6 heteroatoms.